The molecule has 0 aromatic heterocycles. The van der Waals surface area contributed by atoms with Crippen LogP contribution >= 0.6 is 11.6 Å². The predicted molar refractivity (Wildman–Crippen MR) is 68.5 cm³/mol. The molecule has 1 N–H and O–H groups in total. The molecule has 0 atom stereocenters. The summed E-state index contributed by atoms with van der Waals surface area (Å²) in [5.74, 6) is -0.313. The lowest BCUT2D eigenvalue weighted by molar-refractivity contribution is 0.364. The van der Waals surface area contributed by atoms with Gasteiger partial charge in [-0.2, -0.15) is 5.26 Å². The number of hydrogen-bond acceptors (Lipinski definition) is 2. The van der Waals surface area contributed by atoms with E-state index in [0.717, 1.165) is 6.42 Å². The van der Waals surface area contributed by atoms with Crippen molar-refractivity contribution in [1.82, 2.24) is 0 Å². The number of nitrogens with one attached hydrogen (secondary N) is 1. The van der Waals surface area contributed by atoms with Gasteiger partial charge in [0.2, 0.25) is 0 Å². The first-order valence-electron chi connectivity index (χ1n) is 5.50. The minimum Gasteiger partial charge on any atom is -0.383 e. The van der Waals surface area contributed by atoms with Crippen molar-refractivity contribution in [3.05, 3.63) is 29.0 Å². The van der Waals surface area contributed by atoms with Crippen LogP contribution in [0.25, 0.3) is 0 Å². The second-order valence-corrected chi connectivity index (χ2v) is 5.21. The number of benzene rings is 1. The van der Waals surface area contributed by atoms with Gasteiger partial charge >= 0.3 is 0 Å². The Bertz CT molecular complexity index is 424. The van der Waals surface area contributed by atoms with Crippen LogP contribution in [0.3, 0.4) is 0 Å². The number of nitriles is 1. The first kappa shape index (κ1) is 13.8. The largest absolute Gasteiger partial charge is 0.383 e. The van der Waals surface area contributed by atoms with E-state index in [9.17, 15) is 4.39 Å². The summed E-state index contributed by atoms with van der Waals surface area (Å²) in [6, 6.07) is 6.36. The van der Waals surface area contributed by atoms with Gasteiger partial charge < -0.3 is 5.32 Å². The molecule has 0 saturated heterocycles. The molecule has 17 heavy (non-hydrogen) atoms. The monoisotopic (exact) mass is 254 g/mol. The van der Waals surface area contributed by atoms with Crippen molar-refractivity contribution in [2.75, 3.05) is 11.9 Å². The standard InChI is InChI=1S/C13H16ClFN2/c1-13(2,6-3-7-16)9-17-12-8-10(15)4-5-11(12)14/h4-5,8,17H,3,6,9H2,1-2H3. The van der Waals surface area contributed by atoms with E-state index in [1.54, 1.807) is 0 Å². The number of rotatable bonds is 5. The van der Waals surface area contributed by atoms with Crippen LogP contribution in [0.5, 0.6) is 0 Å². The average Bonchev–Trinajstić information content (AvgIpc) is 2.28. The molecule has 0 fully saturated rings. The Hall–Kier alpha value is -1.27. The smallest absolute Gasteiger partial charge is 0.125 e. The van der Waals surface area contributed by atoms with E-state index in [4.69, 9.17) is 16.9 Å². The molecule has 2 nitrogen and oxygen atoms in total. The van der Waals surface area contributed by atoms with Crippen LogP contribution in [0.15, 0.2) is 18.2 Å². The van der Waals surface area contributed by atoms with Gasteiger partial charge in [0.1, 0.15) is 5.82 Å². The summed E-state index contributed by atoms with van der Waals surface area (Å²) in [6.45, 7) is 4.77. The SMILES string of the molecule is CC(C)(CCC#N)CNc1cc(F)ccc1Cl. The van der Waals surface area contributed by atoms with Crippen LogP contribution in [0, 0.1) is 22.6 Å². The molecule has 92 valence electrons. The van der Waals surface area contributed by atoms with E-state index in [0.29, 0.717) is 23.7 Å². The predicted octanol–water partition coefficient (Wildman–Crippen LogP) is 4.22. The molecular weight excluding hydrogens is 239 g/mol. The second-order valence-electron chi connectivity index (χ2n) is 4.80. The third kappa shape index (κ3) is 4.62. The minimum atomic E-state index is -0.313. The van der Waals surface area contributed by atoms with Gasteiger partial charge in [-0.15, -0.1) is 0 Å². The highest BCUT2D eigenvalue weighted by Gasteiger charge is 2.17. The Morgan fingerprint density at radius 2 is 2.18 bits per heavy atom. The maximum absolute atomic E-state index is 13.0. The molecule has 0 spiro atoms. The molecule has 1 rings (SSSR count). The highest BCUT2D eigenvalue weighted by molar-refractivity contribution is 6.33. The quantitative estimate of drug-likeness (QED) is 0.854. The zero-order chi connectivity index (χ0) is 12.9. The van der Waals surface area contributed by atoms with Crippen LogP contribution < -0.4 is 5.32 Å². The van der Waals surface area contributed by atoms with Crippen molar-refractivity contribution in [2.24, 2.45) is 5.41 Å². The van der Waals surface area contributed by atoms with E-state index in [-0.39, 0.29) is 11.2 Å². The van der Waals surface area contributed by atoms with Crippen LogP contribution in [-0.4, -0.2) is 6.54 Å². The Kier molecular flexibility index (Phi) is 4.77. The van der Waals surface area contributed by atoms with Crippen molar-refractivity contribution < 1.29 is 4.39 Å². The molecule has 0 radical (unpaired) electrons. The molecule has 0 saturated carbocycles. The summed E-state index contributed by atoms with van der Waals surface area (Å²) in [5, 5.41) is 12.2. The van der Waals surface area contributed by atoms with Gasteiger partial charge in [-0.1, -0.05) is 25.4 Å². The fourth-order valence-corrected chi connectivity index (χ4v) is 1.63. The van der Waals surface area contributed by atoms with Gasteiger partial charge in [0.25, 0.3) is 0 Å². The molecule has 0 amide bonds. The van der Waals surface area contributed by atoms with Crippen molar-refractivity contribution in [1.29, 1.82) is 5.26 Å². The number of halogens is 2. The zero-order valence-electron chi connectivity index (χ0n) is 10.1. The number of anilines is 1. The molecule has 0 aliphatic rings. The normalized spacial score (nSPS) is 11.0. The lowest BCUT2D eigenvalue weighted by Gasteiger charge is -2.24. The lowest BCUT2D eigenvalue weighted by atomic mass is 9.88. The van der Waals surface area contributed by atoms with E-state index in [2.05, 4.69) is 25.2 Å². The zero-order valence-corrected chi connectivity index (χ0v) is 10.8. The van der Waals surface area contributed by atoms with Crippen molar-refractivity contribution >= 4 is 17.3 Å². The first-order chi connectivity index (χ1) is 7.94. The summed E-state index contributed by atoms with van der Waals surface area (Å²) in [5.41, 5.74) is 0.572. The summed E-state index contributed by atoms with van der Waals surface area (Å²) in [6.07, 6.45) is 1.31. The molecular formula is C13H16ClFN2. The van der Waals surface area contributed by atoms with E-state index in [1.165, 1.54) is 18.2 Å². The summed E-state index contributed by atoms with van der Waals surface area (Å²) >= 11 is 5.95. The fourth-order valence-electron chi connectivity index (χ4n) is 1.45. The molecule has 0 heterocycles. The molecule has 1 aromatic carbocycles. The van der Waals surface area contributed by atoms with Gasteiger partial charge in [0.05, 0.1) is 16.8 Å². The van der Waals surface area contributed by atoms with Crippen LogP contribution in [0.1, 0.15) is 26.7 Å². The van der Waals surface area contributed by atoms with Gasteiger partial charge in [-0.3, -0.25) is 0 Å². The van der Waals surface area contributed by atoms with Gasteiger partial charge in [-0.25, -0.2) is 4.39 Å². The Labute approximate surface area is 106 Å². The molecule has 0 aliphatic carbocycles. The Morgan fingerprint density at radius 1 is 1.47 bits per heavy atom. The molecule has 0 aliphatic heterocycles. The topological polar surface area (TPSA) is 35.8 Å². The third-order valence-electron chi connectivity index (χ3n) is 2.60. The van der Waals surface area contributed by atoms with Gasteiger partial charge in [0, 0.05) is 13.0 Å². The fraction of sp³-hybridized carbons (Fsp3) is 0.462. The van der Waals surface area contributed by atoms with Crippen molar-refractivity contribution in [2.45, 2.75) is 26.7 Å². The second kappa shape index (κ2) is 5.88. The average molecular weight is 255 g/mol. The molecule has 1 aromatic rings. The minimum absolute atomic E-state index is 0.0224. The summed E-state index contributed by atoms with van der Waals surface area (Å²) < 4.78 is 13.0. The molecule has 4 heteroatoms. The molecule has 0 unspecified atom stereocenters. The lowest BCUT2D eigenvalue weighted by Crippen LogP contribution is -2.23. The highest BCUT2D eigenvalue weighted by atomic mass is 35.5. The molecule has 0 bridgehead atoms. The first-order valence-corrected chi connectivity index (χ1v) is 5.88. The van der Waals surface area contributed by atoms with Gasteiger partial charge in [-0.05, 0) is 30.0 Å². The van der Waals surface area contributed by atoms with Crippen molar-refractivity contribution in [3.63, 3.8) is 0 Å². The summed E-state index contributed by atoms with van der Waals surface area (Å²) in [4.78, 5) is 0. The highest BCUT2D eigenvalue weighted by Crippen LogP contribution is 2.26. The maximum atomic E-state index is 13.0. The summed E-state index contributed by atoms with van der Waals surface area (Å²) in [7, 11) is 0. The van der Waals surface area contributed by atoms with Crippen molar-refractivity contribution in [3.8, 4) is 6.07 Å². The Morgan fingerprint density at radius 3 is 2.82 bits per heavy atom. The Balaban J connectivity index is 2.61. The van der Waals surface area contributed by atoms with Crippen LogP contribution in [-0.2, 0) is 0 Å². The van der Waals surface area contributed by atoms with E-state index in [1.807, 2.05) is 0 Å². The third-order valence-corrected chi connectivity index (χ3v) is 2.93. The van der Waals surface area contributed by atoms with Crippen LogP contribution in [0.4, 0.5) is 10.1 Å². The number of hydrogen-bond donors (Lipinski definition) is 1. The number of nitrogens with zero attached hydrogens (tertiary/aromatic N) is 1. The maximum Gasteiger partial charge on any atom is 0.125 e. The van der Waals surface area contributed by atoms with E-state index >= 15 is 0 Å². The van der Waals surface area contributed by atoms with Gasteiger partial charge in [0.15, 0.2) is 0 Å². The van der Waals surface area contributed by atoms with E-state index < -0.39 is 0 Å². The van der Waals surface area contributed by atoms with Crippen LogP contribution in [0.2, 0.25) is 5.02 Å².